The van der Waals surface area contributed by atoms with Gasteiger partial charge in [0, 0.05) is 20.0 Å². The minimum Gasteiger partial charge on any atom is -0.481 e. The van der Waals surface area contributed by atoms with Crippen LogP contribution in [0.2, 0.25) is 0 Å². The van der Waals surface area contributed by atoms with Crippen molar-refractivity contribution >= 4 is 17.6 Å². The molecule has 1 N–H and O–H groups in total. The average Bonchev–Trinajstić information content (AvgIpc) is 2.67. The van der Waals surface area contributed by atoms with Gasteiger partial charge < -0.3 is 10.0 Å². The highest BCUT2D eigenvalue weighted by molar-refractivity contribution is 5.76. The van der Waals surface area contributed by atoms with E-state index in [4.69, 9.17) is 5.11 Å². The number of nitro groups is 1. The van der Waals surface area contributed by atoms with Crippen molar-refractivity contribution in [2.45, 2.75) is 33.2 Å². The largest absolute Gasteiger partial charge is 0.481 e. The molecular weight excluding hydrogens is 280 g/mol. The Kier molecular flexibility index (Phi) is 5.39. The van der Waals surface area contributed by atoms with Crippen LogP contribution >= 0.6 is 0 Å². The minimum atomic E-state index is -0.969. The maximum Gasteiger partial charge on any atom is 0.312 e. The molecule has 1 heterocycles. The summed E-state index contributed by atoms with van der Waals surface area (Å²) in [6, 6.07) is 0. The number of carbonyl (C=O) groups is 2. The number of amides is 1. The molecule has 1 rings (SSSR count). The Morgan fingerprint density at radius 2 is 2.00 bits per heavy atom. The van der Waals surface area contributed by atoms with Crippen LogP contribution < -0.4 is 0 Å². The van der Waals surface area contributed by atoms with E-state index in [9.17, 15) is 19.7 Å². The highest BCUT2D eigenvalue weighted by Crippen LogP contribution is 2.21. The summed E-state index contributed by atoms with van der Waals surface area (Å²) in [6.45, 7) is 3.47. The van der Waals surface area contributed by atoms with Crippen LogP contribution in [0.5, 0.6) is 0 Å². The molecule has 9 nitrogen and oxygen atoms in total. The first-order valence-electron chi connectivity index (χ1n) is 6.38. The van der Waals surface area contributed by atoms with Crippen LogP contribution in [0.3, 0.4) is 0 Å². The fourth-order valence-electron chi connectivity index (χ4n) is 1.95. The SMILES string of the molecule is Cc1nn(CCC(=O)N(C)CCC(=O)O)c(C)c1[N+](=O)[O-]. The molecule has 0 bridgehead atoms. The molecule has 1 aromatic heterocycles. The molecule has 0 unspecified atom stereocenters. The lowest BCUT2D eigenvalue weighted by Gasteiger charge is -2.16. The number of aliphatic carboxylic acids is 1. The zero-order valence-corrected chi connectivity index (χ0v) is 12.2. The second-order valence-corrected chi connectivity index (χ2v) is 4.71. The van der Waals surface area contributed by atoms with Crippen molar-refractivity contribution in [2.24, 2.45) is 0 Å². The highest BCUT2D eigenvalue weighted by atomic mass is 16.6. The van der Waals surface area contributed by atoms with E-state index in [0.29, 0.717) is 11.4 Å². The van der Waals surface area contributed by atoms with Gasteiger partial charge in [-0.05, 0) is 13.8 Å². The Hall–Kier alpha value is -2.45. The van der Waals surface area contributed by atoms with Crippen molar-refractivity contribution in [2.75, 3.05) is 13.6 Å². The molecule has 0 aliphatic heterocycles. The molecule has 1 amide bonds. The molecule has 0 aromatic carbocycles. The van der Waals surface area contributed by atoms with E-state index >= 15 is 0 Å². The molecular formula is C12H18N4O5. The molecule has 0 aliphatic rings. The monoisotopic (exact) mass is 298 g/mol. The Balaban J connectivity index is 2.63. The lowest BCUT2D eigenvalue weighted by molar-refractivity contribution is -0.386. The van der Waals surface area contributed by atoms with Gasteiger partial charge in [0.05, 0.1) is 17.9 Å². The second-order valence-electron chi connectivity index (χ2n) is 4.71. The Morgan fingerprint density at radius 1 is 1.38 bits per heavy atom. The van der Waals surface area contributed by atoms with Crippen LogP contribution in [0.25, 0.3) is 0 Å². The topological polar surface area (TPSA) is 119 Å². The van der Waals surface area contributed by atoms with Gasteiger partial charge >= 0.3 is 11.7 Å². The third-order valence-electron chi connectivity index (χ3n) is 3.15. The number of hydrogen-bond acceptors (Lipinski definition) is 5. The first-order chi connectivity index (χ1) is 9.73. The summed E-state index contributed by atoms with van der Waals surface area (Å²) in [7, 11) is 1.52. The number of rotatable bonds is 7. The van der Waals surface area contributed by atoms with E-state index in [2.05, 4.69) is 5.10 Å². The summed E-state index contributed by atoms with van der Waals surface area (Å²) in [6.07, 6.45) is -0.0111. The van der Waals surface area contributed by atoms with Crippen molar-refractivity contribution in [3.63, 3.8) is 0 Å². The fourth-order valence-corrected chi connectivity index (χ4v) is 1.95. The first-order valence-corrected chi connectivity index (χ1v) is 6.38. The molecule has 21 heavy (non-hydrogen) atoms. The van der Waals surface area contributed by atoms with Crippen LogP contribution in [0, 0.1) is 24.0 Å². The summed E-state index contributed by atoms with van der Waals surface area (Å²) in [4.78, 5) is 34.0. The third kappa shape index (κ3) is 4.26. The lowest BCUT2D eigenvalue weighted by Crippen LogP contribution is -2.29. The number of carboxylic acid groups (broad SMARTS) is 1. The van der Waals surface area contributed by atoms with E-state index in [-0.39, 0.29) is 37.5 Å². The van der Waals surface area contributed by atoms with E-state index in [0.717, 1.165) is 0 Å². The molecule has 9 heteroatoms. The molecule has 1 aromatic rings. The minimum absolute atomic E-state index is 0.0401. The van der Waals surface area contributed by atoms with Gasteiger partial charge in [0.1, 0.15) is 11.4 Å². The van der Waals surface area contributed by atoms with Crippen LogP contribution in [0.1, 0.15) is 24.2 Å². The van der Waals surface area contributed by atoms with E-state index in [1.165, 1.54) is 16.6 Å². The van der Waals surface area contributed by atoms with Gasteiger partial charge in [0.25, 0.3) is 0 Å². The maximum atomic E-state index is 11.8. The normalized spacial score (nSPS) is 10.4. The second kappa shape index (κ2) is 6.82. The van der Waals surface area contributed by atoms with Crippen LogP contribution in [0.15, 0.2) is 0 Å². The average molecular weight is 298 g/mol. The third-order valence-corrected chi connectivity index (χ3v) is 3.15. The van der Waals surface area contributed by atoms with Crippen LogP contribution in [0.4, 0.5) is 5.69 Å². The molecule has 0 saturated carbocycles. The molecule has 0 fully saturated rings. The summed E-state index contributed by atoms with van der Waals surface area (Å²) >= 11 is 0. The molecule has 116 valence electrons. The summed E-state index contributed by atoms with van der Waals surface area (Å²) < 4.78 is 1.43. The first kappa shape index (κ1) is 16.6. The van der Waals surface area contributed by atoms with Crippen molar-refractivity contribution in [3.05, 3.63) is 21.5 Å². The Bertz CT molecular complexity index is 566. The number of carboxylic acids is 1. The summed E-state index contributed by atoms with van der Waals surface area (Å²) in [5.41, 5.74) is 0.671. The number of aromatic nitrogens is 2. The van der Waals surface area contributed by atoms with Gasteiger partial charge in [-0.2, -0.15) is 5.10 Å². The van der Waals surface area contributed by atoms with Crippen LogP contribution in [-0.2, 0) is 16.1 Å². The smallest absolute Gasteiger partial charge is 0.312 e. The number of hydrogen-bond donors (Lipinski definition) is 1. The number of nitrogens with zero attached hydrogens (tertiary/aromatic N) is 4. The molecule has 0 spiro atoms. The van der Waals surface area contributed by atoms with Gasteiger partial charge in [0.2, 0.25) is 5.91 Å². The fraction of sp³-hybridized carbons (Fsp3) is 0.583. The van der Waals surface area contributed by atoms with Crippen molar-refractivity contribution in [1.82, 2.24) is 14.7 Å². The van der Waals surface area contributed by atoms with E-state index in [1.807, 2.05) is 0 Å². The maximum absolute atomic E-state index is 11.8. The quantitative estimate of drug-likeness (QED) is 0.585. The van der Waals surface area contributed by atoms with Gasteiger partial charge in [-0.25, -0.2) is 0 Å². The van der Waals surface area contributed by atoms with E-state index < -0.39 is 10.9 Å². The van der Waals surface area contributed by atoms with Crippen LogP contribution in [-0.4, -0.2) is 50.2 Å². The van der Waals surface area contributed by atoms with Gasteiger partial charge in [-0.1, -0.05) is 0 Å². The van der Waals surface area contributed by atoms with Crippen molar-refractivity contribution in [3.8, 4) is 0 Å². The van der Waals surface area contributed by atoms with Crippen molar-refractivity contribution in [1.29, 1.82) is 0 Å². The zero-order valence-electron chi connectivity index (χ0n) is 12.2. The molecule has 0 saturated heterocycles. The van der Waals surface area contributed by atoms with Crippen molar-refractivity contribution < 1.29 is 19.6 Å². The predicted molar refractivity (Wildman–Crippen MR) is 72.9 cm³/mol. The predicted octanol–water partition coefficient (Wildman–Crippen LogP) is 0.731. The Morgan fingerprint density at radius 3 is 2.48 bits per heavy atom. The zero-order chi connectivity index (χ0) is 16.2. The summed E-state index contributed by atoms with van der Waals surface area (Å²) in [5, 5.41) is 23.5. The van der Waals surface area contributed by atoms with Gasteiger partial charge in [-0.3, -0.25) is 24.4 Å². The standard InChI is InChI=1S/C12H18N4O5/c1-8-12(16(20)21)9(2)15(13-8)7-4-10(17)14(3)6-5-11(18)19/h4-7H2,1-3H3,(H,18,19). The molecule has 0 aliphatic carbocycles. The number of carbonyl (C=O) groups excluding carboxylic acids is 1. The molecule has 0 atom stereocenters. The van der Waals surface area contributed by atoms with E-state index in [1.54, 1.807) is 13.8 Å². The number of aryl methyl sites for hydroxylation is 2. The lowest BCUT2D eigenvalue weighted by atomic mass is 10.3. The Labute approximate surface area is 121 Å². The van der Waals surface area contributed by atoms with Gasteiger partial charge in [-0.15, -0.1) is 0 Å². The molecule has 0 radical (unpaired) electrons. The summed E-state index contributed by atoms with van der Waals surface area (Å²) in [5.74, 6) is -1.20. The van der Waals surface area contributed by atoms with Gasteiger partial charge in [0.15, 0.2) is 0 Å². The highest BCUT2D eigenvalue weighted by Gasteiger charge is 2.22.